The Hall–Kier alpha value is -2.14. The van der Waals surface area contributed by atoms with Crippen LogP contribution in [0.1, 0.15) is 16.1 Å². The molecule has 0 unspecified atom stereocenters. The number of anilines is 1. The molecule has 0 amide bonds. The average Bonchev–Trinajstić information content (AvgIpc) is 2.38. The molecule has 1 aromatic heterocycles. The van der Waals surface area contributed by atoms with Crippen LogP contribution in [-0.2, 0) is 6.42 Å². The fraction of sp³-hybridized carbons (Fsp3) is 0.154. The van der Waals surface area contributed by atoms with Crippen LogP contribution >= 0.6 is 11.6 Å². The van der Waals surface area contributed by atoms with Gasteiger partial charge in [0, 0.05) is 11.8 Å². The number of rotatable bonds is 4. The van der Waals surface area contributed by atoms with Crippen LogP contribution in [0.25, 0.3) is 0 Å². The van der Waals surface area contributed by atoms with Crippen molar-refractivity contribution < 1.29 is 9.53 Å². The number of nitrogens with two attached hydrogens (primary N) is 1. The summed E-state index contributed by atoms with van der Waals surface area (Å²) in [6.45, 7) is 0. The fourth-order valence-electron chi connectivity index (χ4n) is 1.64. The second-order valence-electron chi connectivity index (χ2n) is 3.87. The smallest absolute Gasteiger partial charge is 0.222 e. The number of methoxy groups -OCH3 is 1. The number of nitrogens with zero attached hydrogens (tertiary/aromatic N) is 2. The van der Waals surface area contributed by atoms with Crippen LogP contribution in [0.2, 0.25) is 5.28 Å². The Kier molecular flexibility index (Phi) is 3.97. The quantitative estimate of drug-likeness (QED) is 0.526. The lowest BCUT2D eigenvalue weighted by Gasteiger charge is -2.06. The molecule has 1 aromatic carbocycles. The largest absolute Gasteiger partial charge is 0.495 e. The summed E-state index contributed by atoms with van der Waals surface area (Å²) >= 11 is 5.67. The number of ketones is 1. The van der Waals surface area contributed by atoms with Crippen molar-refractivity contribution in [2.75, 3.05) is 12.8 Å². The van der Waals surface area contributed by atoms with Crippen molar-refractivity contribution in [3.8, 4) is 5.75 Å². The van der Waals surface area contributed by atoms with E-state index < -0.39 is 0 Å². The molecule has 19 heavy (non-hydrogen) atoms. The number of hydrogen-bond donors (Lipinski definition) is 1. The average molecular weight is 278 g/mol. The van der Waals surface area contributed by atoms with Crippen LogP contribution in [0.5, 0.6) is 5.75 Å². The number of ether oxygens (including phenoxy) is 1. The third-order valence-corrected chi connectivity index (χ3v) is 2.76. The highest BCUT2D eigenvalue weighted by Gasteiger charge is 2.10. The van der Waals surface area contributed by atoms with E-state index in [9.17, 15) is 4.79 Å². The van der Waals surface area contributed by atoms with Gasteiger partial charge in [0.15, 0.2) is 5.78 Å². The molecule has 0 saturated heterocycles. The van der Waals surface area contributed by atoms with Gasteiger partial charge in [-0.05, 0) is 35.9 Å². The third kappa shape index (κ3) is 3.20. The second kappa shape index (κ2) is 5.67. The van der Waals surface area contributed by atoms with Crippen LogP contribution in [0, 0.1) is 0 Å². The molecule has 0 bridgehead atoms. The maximum Gasteiger partial charge on any atom is 0.222 e. The fourth-order valence-corrected chi connectivity index (χ4v) is 1.81. The number of benzene rings is 1. The van der Waals surface area contributed by atoms with Gasteiger partial charge in [-0.15, -0.1) is 0 Å². The molecule has 5 nitrogen and oxygen atoms in total. The zero-order chi connectivity index (χ0) is 13.8. The molecule has 2 N–H and O–H groups in total. The lowest BCUT2D eigenvalue weighted by Crippen LogP contribution is -2.06. The topological polar surface area (TPSA) is 78.1 Å². The predicted molar refractivity (Wildman–Crippen MR) is 72.5 cm³/mol. The first-order chi connectivity index (χ1) is 9.10. The van der Waals surface area contributed by atoms with Crippen molar-refractivity contribution in [3.05, 3.63) is 47.0 Å². The Morgan fingerprint density at radius 2 is 2.21 bits per heavy atom. The zero-order valence-electron chi connectivity index (χ0n) is 10.3. The van der Waals surface area contributed by atoms with E-state index in [1.165, 1.54) is 13.3 Å². The molecule has 0 aliphatic rings. The molecule has 6 heteroatoms. The minimum Gasteiger partial charge on any atom is -0.495 e. The minimum absolute atomic E-state index is 0.0934. The Bertz CT molecular complexity index is 617. The molecule has 1 heterocycles. The number of nitrogen functional groups attached to an aromatic ring is 1. The van der Waals surface area contributed by atoms with Crippen LogP contribution in [-0.4, -0.2) is 22.9 Å². The molecule has 0 spiro atoms. The van der Waals surface area contributed by atoms with E-state index >= 15 is 0 Å². The second-order valence-corrected chi connectivity index (χ2v) is 4.21. The predicted octanol–water partition coefficient (Wildman–Crippen LogP) is 2.15. The van der Waals surface area contributed by atoms with Gasteiger partial charge in [0.2, 0.25) is 5.28 Å². The van der Waals surface area contributed by atoms with Crippen LogP contribution < -0.4 is 10.5 Å². The van der Waals surface area contributed by atoms with Gasteiger partial charge in [0.05, 0.1) is 24.9 Å². The summed E-state index contributed by atoms with van der Waals surface area (Å²) < 4.78 is 5.04. The van der Waals surface area contributed by atoms with Crippen molar-refractivity contribution in [1.29, 1.82) is 0 Å². The van der Waals surface area contributed by atoms with Crippen molar-refractivity contribution in [3.63, 3.8) is 0 Å². The van der Waals surface area contributed by atoms with Crippen molar-refractivity contribution in [2.45, 2.75) is 6.42 Å². The summed E-state index contributed by atoms with van der Waals surface area (Å²) in [5, 5.41) is 0.125. The number of halogens is 1. The highest BCUT2D eigenvalue weighted by molar-refractivity contribution is 6.28. The highest BCUT2D eigenvalue weighted by atomic mass is 35.5. The summed E-state index contributed by atoms with van der Waals surface area (Å²) in [6.07, 6.45) is 1.66. The van der Waals surface area contributed by atoms with Gasteiger partial charge in [-0.25, -0.2) is 9.97 Å². The van der Waals surface area contributed by atoms with E-state index in [2.05, 4.69) is 9.97 Å². The van der Waals surface area contributed by atoms with E-state index in [-0.39, 0.29) is 17.5 Å². The van der Waals surface area contributed by atoms with Crippen LogP contribution in [0.15, 0.2) is 30.5 Å². The summed E-state index contributed by atoms with van der Waals surface area (Å²) in [6, 6.07) is 6.57. The Balaban J connectivity index is 2.18. The van der Waals surface area contributed by atoms with E-state index in [1.54, 1.807) is 24.3 Å². The SMILES string of the molecule is COc1ccc(C(=O)Cc2ccnc(Cl)n2)cc1N. The van der Waals surface area contributed by atoms with Gasteiger partial charge in [0.25, 0.3) is 0 Å². The molecule has 98 valence electrons. The molecule has 0 fully saturated rings. The maximum absolute atomic E-state index is 12.1. The molecular formula is C13H12ClN3O2. The van der Waals surface area contributed by atoms with Crippen molar-refractivity contribution in [2.24, 2.45) is 0 Å². The van der Waals surface area contributed by atoms with E-state index in [0.29, 0.717) is 22.7 Å². The summed E-state index contributed by atoms with van der Waals surface area (Å²) in [5.74, 6) is 0.450. The van der Waals surface area contributed by atoms with Gasteiger partial charge < -0.3 is 10.5 Å². The highest BCUT2D eigenvalue weighted by Crippen LogP contribution is 2.22. The minimum atomic E-state index is -0.0934. The molecule has 2 rings (SSSR count). The van der Waals surface area contributed by atoms with Gasteiger partial charge in [-0.1, -0.05) is 0 Å². The van der Waals surface area contributed by atoms with E-state index in [0.717, 1.165) is 0 Å². The first-order valence-electron chi connectivity index (χ1n) is 5.54. The number of Topliss-reactive ketones (excluding diaryl/α,β-unsaturated/α-hetero) is 1. The van der Waals surface area contributed by atoms with Crippen molar-refractivity contribution in [1.82, 2.24) is 9.97 Å². The molecule has 0 atom stereocenters. The molecule has 0 saturated carbocycles. The third-order valence-electron chi connectivity index (χ3n) is 2.58. The van der Waals surface area contributed by atoms with Crippen LogP contribution in [0.4, 0.5) is 5.69 Å². The number of carbonyl (C=O) groups is 1. The zero-order valence-corrected chi connectivity index (χ0v) is 11.0. The molecule has 0 aliphatic carbocycles. The molecule has 0 aliphatic heterocycles. The first kappa shape index (κ1) is 13.3. The van der Waals surface area contributed by atoms with Crippen molar-refractivity contribution >= 4 is 23.1 Å². The monoisotopic (exact) mass is 277 g/mol. The van der Waals surface area contributed by atoms with Gasteiger partial charge in [-0.3, -0.25) is 4.79 Å². The number of aromatic nitrogens is 2. The summed E-state index contributed by atoms with van der Waals surface area (Å²) in [4.78, 5) is 19.8. The Labute approximate surface area is 115 Å². The lowest BCUT2D eigenvalue weighted by atomic mass is 10.1. The van der Waals surface area contributed by atoms with Gasteiger partial charge in [-0.2, -0.15) is 0 Å². The lowest BCUT2D eigenvalue weighted by molar-refractivity contribution is 0.0992. The molecule has 0 radical (unpaired) electrons. The molecular weight excluding hydrogens is 266 g/mol. The number of carbonyl (C=O) groups excluding carboxylic acids is 1. The van der Waals surface area contributed by atoms with E-state index in [1.807, 2.05) is 0 Å². The summed E-state index contributed by atoms with van der Waals surface area (Å²) in [5.41, 5.74) is 7.26. The Morgan fingerprint density at radius 1 is 1.42 bits per heavy atom. The molecule has 2 aromatic rings. The van der Waals surface area contributed by atoms with Crippen LogP contribution in [0.3, 0.4) is 0 Å². The van der Waals surface area contributed by atoms with E-state index in [4.69, 9.17) is 22.1 Å². The summed E-state index contributed by atoms with van der Waals surface area (Å²) in [7, 11) is 1.52. The standard InChI is InChI=1S/C13H12ClN3O2/c1-19-12-3-2-8(6-10(12)15)11(18)7-9-4-5-16-13(14)17-9/h2-6H,7,15H2,1H3. The maximum atomic E-state index is 12.1. The van der Waals surface area contributed by atoms with Gasteiger partial charge >= 0.3 is 0 Å². The number of hydrogen-bond acceptors (Lipinski definition) is 5. The normalized spacial score (nSPS) is 10.2. The Morgan fingerprint density at radius 3 is 2.84 bits per heavy atom. The first-order valence-corrected chi connectivity index (χ1v) is 5.92. The van der Waals surface area contributed by atoms with Gasteiger partial charge in [0.1, 0.15) is 5.75 Å².